The molecule has 218 valence electrons. The first-order valence-corrected chi connectivity index (χ1v) is 15.7. The number of Topliss-reactive ketones (excluding diaryl/α,β-unsaturated/α-hetero) is 1. The maximum atomic E-state index is 12.9. The van der Waals surface area contributed by atoms with E-state index < -0.39 is 0 Å². The van der Waals surface area contributed by atoms with E-state index in [-0.39, 0.29) is 30.3 Å². The van der Waals surface area contributed by atoms with Gasteiger partial charge < -0.3 is 14.4 Å². The van der Waals surface area contributed by atoms with Gasteiger partial charge in [-0.2, -0.15) is 0 Å². The second kappa shape index (κ2) is 20.0. The van der Waals surface area contributed by atoms with E-state index >= 15 is 0 Å². The molecule has 0 aliphatic carbocycles. The molecule has 0 aromatic carbocycles. The van der Waals surface area contributed by atoms with E-state index in [2.05, 4.69) is 20.8 Å². The molecule has 1 saturated heterocycles. The molecule has 1 aliphatic rings. The first-order valence-electron chi connectivity index (χ1n) is 15.7. The molecule has 1 rings (SSSR count). The van der Waals surface area contributed by atoms with Crippen molar-refractivity contribution < 1.29 is 19.1 Å². The molecule has 1 fully saturated rings. The standard InChI is InChI=1S/C32H61NO4/c1-25(2)16-15-18-28(7)17-11-10-13-20-30(34)19-12-8-9-14-21-32(35)33-23-31(37-27(5)6)22-29(33)24-36-26(3)4/h25-29,31H,8-24H2,1-7H3/t28?,29-,31+/m0/s1. The third-order valence-corrected chi connectivity index (χ3v) is 7.51. The van der Waals surface area contributed by atoms with E-state index in [1.807, 2.05) is 32.6 Å². The molecule has 5 heteroatoms. The lowest BCUT2D eigenvalue weighted by atomic mass is 9.94. The molecule has 1 unspecified atom stereocenters. The maximum Gasteiger partial charge on any atom is 0.222 e. The maximum absolute atomic E-state index is 12.9. The summed E-state index contributed by atoms with van der Waals surface area (Å²) < 4.78 is 11.8. The SMILES string of the molecule is CC(C)CCCC(C)CCCCCC(=O)CCCCCCC(=O)N1C[C@H](OC(C)C)C[C@H]1COC(C)C. The van der Waals surface area contributed by atoms with Crippen LogP contribution in [-0.4, -0.2) is 54.1 Å². The van der Waals surface area contributed by atoms with Crippen molar-refractivity contribution in [3.63, 3.8) is 0 Å². The molecule has 0 spiro atoms. The number of carbonyl (C=O) groups excluding carboxylic acids is 2. The highest BCUT2D eigenvalue weighted by molar-refractivity contribution is 5.78. The highest BCUT2D eigenvalue weighted by Crippen LogP contribution is 2.24. The molecule has 3 atom stereocenters. The summed E-state index contributed by atoms with van der Waals surface area (Å²) in [6.45, 7) is 16.4. The molecule has 0 aromatic heterocycles. The van der Waals surface area contributed by atoms with Crippen LogP contribution >= 0.6 is 0 Å². The fourth-order valence-corrected chi connectivity index (χ4v) is 5.36. The minimum atomic E-state index is 0.105. The molecule has 0 N–H and O–H groups in total. The number of ketones is 1. The Morgan fingerprint density at radius 1 is 0.730 bits per heavy atom. The normalized spacial score (nSPS) is 18.9. The van der Waals surface area contributed by atoms with Gasteiger partial charge >= 0.3 is 0 Å². The molecule has 1 heterocycles. The number of hydrogen-bond donors (Lipinski definition) is 0. The molecule has 5 nitrogen and oxygen atoms in total. The zero-order valence-electron chi connectivity index (χ0n) is 25.6. The molecular formula is C32H61NO4. The Balaban J connectivity index is 2.11. The number of likely N-dealkylation sites (tertiary alicyclic amines) is 1. The Labute approximate surface area is 229 Å². The molecule has 0 aromatic rings. The zero-order chi connectivity index (χ0) is 27.6. The molecule has 0 radical (unpaired) electrons. The largest absolute Gasteiger partial charge is 0.377 e. The summed E-state index contributed by atoms with van der Waals surface area (Å²) in [5, 5.41) is 0. The monoisotopic (exact) mass is 523 g/mol. The Morgan fingerprint density at radius 2 is 1.32 bits per heavy atom. The van der Waals surface area contributed by atoms with Crippen LogP contribution in [0.15, 0.2) is 0 Å². The van der Waals surface area contributed by atoms with E-state index in [4.69, 9.17) is 9.47 Å². The van der Waals surface area contributed by atoms with Crippen molar-refractivity contribution in [3.05, 3.63) is 0 Å². The third-order valence-electron chi connectivity index (χ3n) is 7.51. The first-order chi connectivity index (χ1) is 17.6. The van der Waals surface area contributed by atoms with Crippen LogP contribution in [0.5, 0.6) is 0 Å². The van der Waals surface area contributed by atoms with Crippen molar-refractivity contribution in [2.75, 3.05) is 13.2 Å². The van der Waals surface area contributed by atoms with Gasteiger partial charge in [0.2, 0.25) is 5.91 Å². The van der Waals surface area contributed by atoms with Crippen LogP contribution in [0.25, 0.3) is 0 Å². The lowest BCUT2D eigenvalue weighted by Crippen LogP contribution is -2.39. The number of unbranched alkanes of at least 4 members (excludes halogenated alkanes) is 5. The van der Waals surface area contributed by atoms with Gasteiger partial charge in [0, 0.05) is 25.8 Å². The lowest BCUT2D eigenvalue weighted by molar-refractivity contribution is -0.134. The van der Waals surface area contributed by atoms with Crippen LogP contribution in [0, 0.1) is 11.8 Å². The smallest absolute Gasteiger partial charge is 0.222 e. The van der Waals surface area contributed by atoms with Gasteiger partial charge in [-0.05, 0) is 65.2 Å². The molecule has 1 amide bonds. The number of rotatable bonds is 22. The fourth-order valence-electron chi connectivity index (χ4n) is 5.36. The van der Waals surface area contributed by atoms with Gasteiger partial charge in [0.1, 0.15) is 5.78 Å². The lowest BCUT2D eigenvalue weighted by Gasteiger charge is -2.25. The topological polar surface area (TPSA) is 55.8 Å². The van der Waals surface area contributed by atoms with E-state index in [9.17, 15) is 9.59 Å². The van der Waals surface area contributed by atoms with Gasteiger partial charge in [0.25, 0.3) is 0 Å². The summed E-state index contributed by atoms with van der Waals surface area (Å²) in [6.07, 6.45) is 16.1. The number of ether oxygens (including phenoxy) is 2. The third kappa shape index (κ3) is 17.3. The van der Waals surface area contributed by atoms with Crippen molar-refractivity contribution in [2.45, 2.75) is 169 Å². The van der Waals surface area contributed by atoms with Gasteiger partial charge in [-0.15, -0.1) is 0 Å². The van der Waals surface area contributed by atoms with Crippen molar-refractivity contribution in [1.82, 2.24) is 4.90 Å². The fraction of sp³-hybridized carbons (Fsp3) is 0.938. The number of amides is 1. The van der Waals surface area contributed by atoms with Crippen molar-refractivity contribution >= 4 is 11.7 Å². The molecular weight excluding hydrogens is 462 g/mol. The predicted molar refractivity (Wildman–Crippen MR) is 155 cm³/mol. The highest BCUT2D eigenvalue weighted by Gasteiger charge is 2.36. The van der Waals surface area contributed by atoms with Crippen LogP contribution in [0.4, 0.5) is 0 Å². The van der Waals surface area contributed by atoms with Crippen LogP contribution in [0.1, 0.15) is 145 Å². The summed E-state index contributed by atoms with van der Waals surface area (Å²) in [7, 11) is 0. The van der Waals surface area contributed by atoms with Crippen molar-refractivity contribution in [3.8, 4) is 0 Å². The summed E-state index contributed by atoms with van der Waals surface area (Å²) >= 11 is 0. The quantitative estimate of drug-likeness (QED) is 0.134. The minimum Gasteiger partial charge on any atom is -0.377 e. The molecule has 37 heavy (non-hydrogen) atoms. The van der Waals surface area contributed by atoms with E-state index in [0.717, 1.165) is 56.8 Å². The number of carbonyl (C=O) groups is 2. The average molecular weight is 524 g/mol. The van der Waals surface area contributed by atoms with Gasteiger partial charge in [-0.1, -0.05) is 72.1 Å². The molecule has 0 saturated carbocycles. The Kier molecular flexibility index (Phi) is 18.5. The summed E-state index contributed by atoms with van der Waals surface area (Å²) in [6, 6.07) is 0.115. The van der Waals surface area contributed by atoms with E-state index in [0.29, 0.717) is 31.8 Å². The van der Waals surface area contributed by atoms with E-state index in [1.54, 1.807) is 0 Å². The van der Waals surface area contributed by atoms with Crippen molar-refractivity contribution in [2.24, 2.45) is 11.8 Å². The van der Waals surface area contributed by atoms with E-state index in [1.165, 1.54) is 38.5 Å². The Hall–Kier alpha value is -0.940. The zero-order valence-corrected chi connectivity index (χ0v) is 25.6. The van der Waals surface area contributed by atoms with Crippen LogP contribution in [0.3, 0.4) is 0 Å². The Morgan fingerprint density at radius 3 is 1.92 bits per heavy atom. The predicted octanol–water partition coefficient (Wildman–Crippen LogP) is 8.13. The highest BCUT2D eigenvalue weighted by atomic mass is 16.5. The minimum absolute atomic E-state index is 0.105. The molecule has 1 aliphatic heterocycles. The Bertz CT molecular complexity index is 604. The van der Waals surface area contributed by atoms with Crippen LogP contribution in [-0.2, 0) is 19.1 Å². The molecule has 0 bridgehead atoms. The first kappa shape index (κ1) is 34.1. The average Bonchev–Trinajstić information content (AvgIpc) is 3.21. The summed E-state index contributed by atoms with van der Waals surface area (Å²) in [5.74, 6) is 2.28. The van der Waals surface area contributed by atoms with Crippen molar-refractivity contribution in [1.29, 1.82) is 0 Å². The van der Waals surface area contributed by atoms with Gasteiger partial charge in [-0.3, -0.25) is 9.59 Å². The van der Waals surface area contributed by atoms with Crippen LogP contribution < -0.4 is 0 Å². The second-order valence-electron chi connectivity index (χ2n) is 12.6. The van der Waals surface area contributed by atoms with Gasteiger partial charge in [0.05, 0.1) is 31.0 Å². The van der Waals surface area contributed by atoms with Gasteiger partial charge in [0.15, 0.2) is 0 Å². The number of nitrogens with zero attached hydrogens (tertiary/aromatic N) is 1. The van der Waals surface area contributed by atoms with Crippen LogP contribution in [0.2, 0.25) is 0 Å². The summed E-state index contributed by atoms with van der Waals surface area (Å²) in [5.41, 5.74) is 0. The van der Waals surface area contributed by atoms with Gasteiger partial charge in [-0.25, -0.2) is 0 Å². The number of hydrogen-bond acceptors (Lipinski definition) is 4. The summed E-state index contributed by atoms with van der Waals surface area (Å²) in [4.78, 5) is 27.1. The second-order valence-corrected chi connectivity index (χ2v) is 12.6.